The van der Waals surface area contributed by atoms with E-state index in [0.717, 1.165) is 9.87 Å². The molecule has 0 aliphatic carbocycles. The van der Waals surface area contributed by atoms with Crippen molar-refractivity contribution >= 4 is 62.3 Å². The molecular formula is C30H34Cl3N3O4S. The zero-order valence-electron chi connectivity index (χ0n) is 23.6. The first-order valence-electron chi connectivity index (χ1n) is 13.1. The molecule has 7 nitrogen and oxygen atoms in total. The van der Waals surface area contributed by atoms with Gasteiger partial charge in [0.25, 0.3) is 10.0 Å². The van der Waals surface area contributed by atoms with Gasteiger partial charge in [-0.15, -0.1) is 0 Å². The van der Waals surface area contributed by atoms with Gasteiger partial charge in [0.1, 0.15) is 12.6 Å². The van der Waals surface area contributed by atoms with E-state index in [1.165, 1.54) is 17.0 Å². The third-order valence-electron chi connectivity index (χ3n) is 6.52. The molecule has 41 heavy (non-hydrogen) atoms. The third kappa shape index (κ3) is 7.95. The molecular weight excluding hydrogens is 605 g/mol. The Morgan fingerprint density at radius 2 is 1.54 bits per heavy atom. The summed E-state index contributed by atoms with van der Waals surface area (Å²) in [4.78, 5) is 28.8. The molecule has 0 bridgehead atoms. The van der Waals surface area contributed by atoms with Crippen LogP contribution in [-0.4, -0.2) is 43.8 Å². The molecule has 0 saturated carbocycles. The quantitative estimate of drug-likeness (QED) is 0.251. The number of anilines is 1. The Labute approximate surface area is 257 Å². The number of halogens is 3. The van der Waals surface area contributed by atoms with Crippen LogP contribution in [0.5, 0.6) is 0 Å². The largest absolute Gasteiger partial charge is 0.352 e. The lowest BCUT2D eigenvalue weighted by atomic mass is 10.1. The van der Waals surface area contributed by atoms with Crippen LogP contribution in [0, 0.1) is 13.8 Å². The maximum atomic E-state index is 14.2. The van der Waals surface area contributed by atoms with E-state index in [2.05, 4.69) is 5.32 Å². The van der Waals surface area contributed by atoms with Gasteiger partial charge in [-0.2, -0.15) is 0 Å². The number of hydrogen-bond donors (Lipinski definition) is 1. The van der Waals surface area contributed by atoms with Crippen LogP contribution in [-0.2, 0) is 26.2 Å². The normalized spacial score (nSPS) is 12.2. The molecule has 3 aromatic carbocycles. The summed E-state index contributed by atoms with van der Waals surface area (Å²) in [5, 5.41) is 3.94. The van der Waals surface area contributed by atoms with Crippen LogP contribution in [0.15, 0.2) is 65.6 Å². The molecule has 1 N–H and O–H groups in total. The van der Waals surface area contributed by atoms with E-state index in [4.69, 9.17) is 34.8 Å². The zero-order chi connectivity index (χ0) is 30.5. The molecule has 0 heterocycles. The smallest absolute Gasteiger partial charge is 0.264 e. The Kier molecular flexibility index (Phi) is 11.1. The van der Waals surface area contributed by atoms with Gasteiger partial charge < -0.3 is 10.2 Å². The number of hydrogen-bond acceptors (Lipinski definition) is 4. The summed E-state index contributed by atoms with van der Waals surface area (Å²) in [6.45, 7) is 8.32. The molecule has 0 aliphatic rings. The molecule has 2 amide bonds. The first kappa shape index (κ1) is 32.7. The van der Waals surface area contributed by atoms with Gasteiger partial charge in [-0.3, -0.25) is 13.9 Å². The maximum Gasteiger partial charge on any atom is 0.264 e. The lowest BCUT2D eigenvalue weighted by molar-refractivity contribution is -0.140. The number of rotatable bonds is 11. The minimum absolute atomic E-state index is 0.0236. The first-order chi connectivity index (χ1) is 19.3. The summed E-state index contributed by atoms with van der Waals surface area (Å²) in [7, 11) is -4.21. The van der Waals surface area contributed by atoms with Gasteiger partial charge in [-0.1, -0.05) is 65.5 Å². The van der Waals surface area contributed by atoms with E-state index in [1.807, 2.05) is 20.8 Å². The van der Waals surface area contributed by atoms with Gasteiger partial charge in [0, 0.05) is 33.2 Å². The molecule has 0 spiro atoms. The molecule has 220 valence electrons. The van der Waals surface area contributed by atoms with Crippen LogP contribution >= 0.6 is 34.8 Å². The summed E-state index contributed by atoms with van der Waals surface area (Å²) in [5.41, 5.74) is 2.19. The number of benzene rings is 3. The molecule has 0 aliphatic heterocycles. The van der Waals surface area contributed by atoms with Crippen molar-refractivity contribution in [3.05, 3.63) is 92.4 Å². The molecule has 1 atom stereocenters. The third-order valence-corrected chi connectivity index (χ3v) is 9.24. The zero-order valence-corrected chi connectivity index (χ0v) is 26.7. The molecule has 3 aromatic rings. The van der Waals surface area contributed by atoms with Crippen molar-refractivity contribution in [1.82, 2.24) is 10.2 Å². The van der Waals surface area contributed by atoms with E-state index in [9.17, 15) is 18.0 Å². The number of nitrogens with one attached hydrogen (secondary N) is 1. The highest BCUT2D eigenvalue weighted by Gasteiger charge is 2.35. The summed E-state index contributed by atoms with van der Waals surface area (Å²) >= 11 is 19.1. The van der Waals surface area contributed by atoms with Crippen molar-refractivity contribution in [2.45, 2.75) is 64.6 Å². The Bertz CT molecular complexity index is 1490. The standard InChI is InChI=1S/C30H34Cl3N3O4S/c1-6-27(30(38)34-19(2)3)35(17-24-25(32)8-7-9-26(24)33)29(37)18-36(28-15-12-22(31)16-21(28)5)41(39,40)23-13-10-20(4)11-14-23/h7-16,19,27H,6,17-18H2,1-5H3,(H,34,38). The lowest BCUT2D eigenvalue weighted by Gasteiger charge is -2.34. The van der Waals surface area contributed by atoms with Crippen molar-refractivity contribution in [2.75, 3.05) is 10.8 Å². The highest BCUT2D eigenvalue weighted by molar-refractivity contribution is 7.92. The van der Waals surface area contributed by atoms with E-state index in [0.29, 0.717) is 31.9 Å². The molecule has 0 saturated heterocycles. The van der Waals surface area contributed by atoms with Crippen LogP contribution in [0.4, 0.5) is 5.69 Å². The van der Waals surface area contributed by atoms with Crippen molar-refractivity contribution in [3.8, 4) is 0 Å². The Hall–Kier alpha value is -2.78. The molecule has 0 aromatic heterocycles. The second-order valence-electron chi connectivity index (χ2n) is 10.1. The Balaban J connectivity index is 2.14. The summed E-state index contributed by atoms with van der Waals surface area (Å²) in [6.07, 6.45) is 0.275. The van der Waals surface area contributed by atoms with Gasteiger partial charge in [0.2, 0.25) is 11.8 Å². The number of nitrogens with zero attached hydrogens (tertiary/aromatic N) is 2. The fraction of sp³-hybridized carbons (Fsp3) is 0.333. The van der Waals surface area contributed by atoms with Crippen molar-refractivity contribution in [1.29, 1.82) is 0 Å². The summed E-state index contributed by atoms with van der Waals surface area (Å²) in [6, 6.07) is 15.0. The van der Waals surface area contributed by atoms with Gasteiger partial charge >= 0.3 is 0 Å². The minimum Gasteiger partial charge on any atom is -0.352 e. The number of aryl methyl sites for hydroxylation is 2. The maximum absolute atomic E-state index is 14.2. The summed E-state index contributed by atoms with van der Waals surface area (Å²) < 4.78 is 29.1. The Morgan fingerprint density at radius 3 is 2.07 bits per heavy atom. The Morgan fingerprint density at radius 1 is 0.927 bits per heavy atom. The first-order valence-corrected chi connectivity index (χ1v) is 15.7. The number of carbonyl (C=O) groups excluding carboxylic acids is 2. The lowest BCUT2D eigenvalue weighted by Crippen LogP contribution is -2.53. The van der Waals surface area contributed by atoms with Crippen molar-refractivity contribution in [3.63, 3.8) is 0 Å². The van der Waals surface area contributed by atoms with Crippen LogP contribution in [0.2, 0.25) is 15.1 Å². The van der Waals surface area contributed by atoms with Crippen molar-refractivity contribution in [2.24, 2.45) is 0 Å². The number of amides is 2. The van der Waals surface area contributed by atoms with E-state index in [1.54, 1.807) is 62.4 Å². The van der Waals surface area contributed by atoms with Crippen LogP contribution < -0.4 is 9.62 Å². The minimum atomic E-state index is -4.21. The second kappa shape index (κ2) is 13.9. The fourth-order valence-corrected chi connectivity index (χ4v) is 6.63. The topological polar surface area (TPSA) is 86.8 Å². The summed E-state index contributed by atoms with van der Waals surface area (Å²) in [5.74, 6) is -0.966. The van der Waals surface area contributed by atoms with Gasteiger partial charge in [-0.25, -0.2) is 8.42 Å². The molecule has 3 rings (SSSR count). The average Bonchev–Trinajstić information content (AvgIpc) is 2.89. The number of carbonyl (C=O) groups is 2. The average molecular weight is 639 g/mol. The van der Waals surface area contributed by atoms with Crippen molar-refractivity contribution < 1.29 is 18.0 Å². The molecule has 1 unspecified atom stereocenters. The van der Waals surface area contributed by atoms with E-state index in [-0.39, 0.29) is 29.8 Å². The van der Waals surface area contributed by atoms with E-state index >= 15 is 0 Å². The fourth-order valence-electron chi connectivity index (χ4n) is 4.40. The highest BCUT2D eigenvalue weighted by Crippen LogP contribution is 2.31. The van der Waals surface area contributed by atoms with Gasteiger partial charge in [-0.05, 0) is 82.1 Å². The molecule has 0 radical (unpaired) electrons. The second-order valence-corrected chi connectivity index (χ2v) is 13.2. The molecule has 0 fully saturated rings. The van der Waals surface area contributed by atoms with Crippen LogP contribution in [0.3, 0.4) is 0 Å². The molecule has 11 heteroatoms. The highest BCUT2D eigenvalue weighted by atomic mass is 35.5. The number of sulfonamides is 1. The SMILES string of the molecule is CCC(C(=O)NC(C)C)N(Cc1c(Cl)cccc1Cl)C(=O)CN(c1ccc(Cl)cc1C)S(=O)(=O)c1ccc(C)cc1. The predicted octanol–water partition coefficient (Wildman–Crippen LogP) is 6.79. The van der Waals surface area contributed by atoms with Gasteiger partial charge in [0.05, 0.1) is 10.6 Å². The van der Waals surface area contributed by atoms with Gasteiger partial charge in [0.15, 0.2) is 0 Å². The monoisotopic (exact) mass is 637 g/mol. The van der Waals surface area contributed by atoms with Crippen LogP contribution in [0.25, 0.3) is 0 Å². The van der Waals surface area contributed by atoms with Crippen LogP contribution in [0.1, 0.15) is 43.9 Å². The van der Waals surface area contributed by atoms with E-state index < -0.39 is 28.5 Å². The predicted molar refractivity (Wildman–Crippen MR) is 166 cm³/mol.